The molecule has 0 spiro atoms. The fourth-order valence-electron chi connectivity index (χ4n) is 2.14. The number of rotatable bonds is 3. The lowest BCUT2D eigenvalue weighted by atomic mass is 10.0. The summed E-state index contributed by atoms with van der Waals surface area (Å²) < 4.78 is 5.44. The molecule has 4 nitrogen and oxygen atoms in total. The van der Waals surface area contributed by atoms with Crippen molar-refractivity contribution in [3.63, 3.8) is 0 Å². The molecule has 1 saturated heterocycles. The molecule has 1 aliphatic rings. The Labute approximate surface area is 108 Å². The Bertz CT molecular complexity index is 432. The van der Waals surface area contributed by atoms with Crippen LogP contribution in [0, 0.1) is 5.92 Å². The molecule has 0 saturated carbocycles. The molecular weight excluding hydrogens is 228 g/mol. The molecule has 0 bridgehead atoms. The lowest BCUT2D eigenvalue weighted by molar-refractivity contribution is -0.126. The summed E-state index contributed by atoms with van der Waals surface area (Å²) in [6, 6.07) is 7.58. The van der Waals surface area contributed by atoms with Crippen LogP contribution >= 0.6 is 0 Å². The van der Waals surface area contributed by atoms with E-state index in [1.165, 1.54) is 0 Å². The molecule has 0 aromatic heterocycles. The Morgan fingerprint density at radius 3 is 2.94 bits per heavy atom. The number of nitrogens with one attached hydrogen (secondary N) is 1. The highest BCUT2D eigenvalue weighted by molar-refractivity contribution is 5.94. The van der Waals surface area contributed by atoms with Crippen molar-refractivity contribution in [1.29, 1.82) is 0 Å². The van der Waals surface area contributed by atoms with Gasteiger partial charge in [0.15, 0.2) is 0 Å². The van der Waals surface area contributed by atoms with E-state index in [-0.39, 0.29) is 24.0 Å². The molecule has 3 unspecified atom stereocenters. The third-order valence-electron chi connectivity index (χ3n) is 3.33. The molecule has 1 aromatic rings. The van der Waals surface area contributed by atoms with Crippen LogP contribution < -0.4 is 11.1 Å². The van der Waals surface area contributed by atoms with Crippen LogP contribution in [-0.4, -0.2) is 18.6 Å². The Morgan fingerprint density at radius 1 is 1.56 bits per heavy atom. The summed E-state index contributed by atoms with van der Waals surface area (Å²) in [7, 11) is 0. The average molecular weight is 248 g/mol. The van der Waals surface area contributed by atoms with Gasteiger partial charge in [-0.25, -0.2) is 0 Å². The quantitative estimate of drug-likeness (QED) is 0.860. The summed E-state index contributed by atoms with van der Waals surface area (Å²) >= 11 is 0. The van der Waals surface area contributed by atoms with Crippen LogP contribution in [0.2, 0.25) is 0 Å². The highest BCUT2D eigenvalue weighted by Crippen LogP contribution is 2.22. The van der Waals surface area contributed by atoms with Crippen LogP contribution in [0.15, 0.2) is 24.3 Å². The number of ether oxygens (including phenoxy) is 1. The van der Waals surface area contributed by atoms with Crippen molar-refractivity contribution in [1.82, 2.24) is 0 Å². The monoisotopic (exact) mass is 248 g/mol. The first kappa shape index (κ1) is 13.1. The summed E-state index contributed by atoms with van der Waals surface area (Å²) in [6.45, 7) is 4.62. The molecule has 3 N–H and O–H groups in total. The minimum Gasteiger partial charge on any atom is -0.368 e. The number of nitrogens with two attached hydrogens (primary N) is 1. The highest BCUT2D eigenvalue weighted by Gasteiger charge is 2.30. The largest absolute Gasteiger partial charge is 0.368 e. The van der Waals surface area contributed by atoms with Gasteiger partial charge in [0.1, 0.15) is 6.10 Å². The molecule has 3 atom stereocenters. The Kier molecular flexibility index (Phi) is 3.99. The second-order valence-electron chi connectivity index (χ2n) is 4.96. The lowest BCUT2D eigenvalue weighted by Crippen LogP contribution is -2.31. The van der Waals surface area contributed by atoms with Crippen molar-refractivity contribution in [3.8, 4) is 0 Å². The Balaban J connectivity index is 2.04. The minimum atomic E-state index is -0.330. The van der Waals surface area contributed by atoms with Gasteiger partial charge in [0.05, 0.1) is 0 Å². The zero-order valence-electron chi connectivity index (χ0n) is 10.8. The number of hydrogen-bond donors (Lipinski definition) is 2. The van der Waals surface area contributed by atoms with E-state index in [1.807, 2.05) is 38.1 Å². The number of hydrogen-bond acceptors (Lipinski definition) is 3. The zero-order chi connectivity index (χ0) is 13.1. The van der Waals surface area contributed by atoms with E-state index in [2.05, 4.69) is 5.32 Å². The molecule has 1 amide bonds. The first-order chi connectivity index (χ1) is 8.58. The van der Waals surface area contributed by atoms with E-state index in [9.17, 15) is 4.79 Å². The fraction of sp³-hybridized carbons (Fsp3) is 0.500. The maximum atomic E-state index is 12.0. The van der Waals surface area contributed by atoms with Crippen LogP contribution in [-0.2, 0) is 9.53 Å². The minimum absolute atomic E-state index is 0.0384. The van der Waals surface area contributed by atoms with Gasteiger partial charge in [-0.1, -0.05) is 19.1 Å². The third kappa shape index (κ3) is 2.89. The van der Waals surface area contributed by atoms with Gasteiger partial charge in [-0.3, -0.25) is 4.79 Å². The predicted octanol–water partition coefficient (Wildman–Crippen LogP) is 2.07. The molecule has 2 rings (SSSR count). The first-order valence-corrected chi connectivity index (χ1v) is 6.36. The van der Waals surface area contributed by atoms with Gasteiger partial charge in [0.25, 0.3) is 5.91 Å². The van der Waals surface area contributed by atoms with Gasteiger partial charge in [-0.15, -0.1) is 0 Å². The van der Waals surface area contributed by atoms with Crippen molar-refractivity contribution < 1.29 is 9.53 Å². The molecule has 1 fully saturated rings. The smallest absolute Gasteiger partial charge is 0.253 e. The molecule has 1 aromatic carbocycles. The lowest BCUT2D eigenvalue weighted by Gasteiger charge is -2.15. The van der Waals surface area contributed by atoms with Crippen molar-refractivity contribution in [2.75, 3.05) is 11.9 Å². The van der Waals surface area contributed by atoms with E-state index in [0.29, 0.717) is 6.61 Å². The maximum Gasteiger partial charge on any atom is 0.253 e. The fourth-order valence-corrected chi connectivity index (χ4v) is 2.14. The van der Waals surface area contributed by atoms with Crippen molar-refractivity contribution in [2.45, 2.75) is 32.4 Å². The van der Waals surface area contributed by atoms with Crippen LogP contribution in [0.4, 0.5) is 5.69 Å². The molecule has 98 valence electrons. The molecule has 18 heavy (non-hydrogen) atoms. The molecule has 0 aliphatic carbocycles. The van der Waals surface area contributed by atoms with Crippen molar-refractivity contribution in [2.24, 2.45) is 11.7 Å². The third-order valence-corrected chi connectivity index (χ3v) is 3.33. The van der Waals surface area contributed by atoms with Crippen molar-refractivity contribution in [3.05, 3.63) is 29.8 Å². The number of anilines is 1. The SMILES string of the molecule is CC(N)c1cccc(NC(=O)C2OCCC2C)c1. The standard InChI is InChI=1S/C14H20N2O2/c1-9-6-7-18-13(9)14(17)16-12-5-3-4-11(8-12)10(2)15/h3-5,8-10,13H,6-7,15H2,1-2H3,(H,16,17). The van der Waals surface area contributed by atoms with E-state index >= 15 is 0 Å². The first-order valence-electron chi connectivity index (χ1n) is 6.36. The van der Waals surface area contributed by atoms with E-state index < -0.39 is 0 Å². The summed E-state index contributed by atoms with van der Waals surface area (Å²) in [5, 5.41) is 2.89. The van der Waals surface area contributed by atoms with Gasteiger partial charge in [0.2, 0.25) is 0 Å². The van der Waals surface area contributed by atoms with Gasteiger partial charge in [0, 0.05) is 18.3 Å². The molecule has 1 aliphatic heterocycles. The molecule has 4 heteroatoms. The number of benzene rings is 1. The van der Waals surface area contributed by atoms with E-state index in [1.54, 1.807) is 0 Å². The van der Waals surface area contributed by atoms with Gasteiger partial charge < -0.3 is 15.8 Å². The van der Waals surface area contributed by atoms with Crippen molar-refractivity contribution >= 4 is 11.6 Å². The van der Waals surface area contributed by atoms with Crippen LogP contribution in [0.1, 0.15) is 31.9 Å². The topological polar surface area (TPSA) is 64.3 Å². The number of carbonyl (C=O) groups excluding carboxylic acids is 1. The molecular formula is C14H20N2O2. The summed E-state index contributed by atoms with van der Waals surface area (Å²) in [5.74, 6) is 0.212. The molecule has 0 radical (unpaired) electrons. The highest BCUT2D eigenvalue weighted by atomic mass is 16.5. The number of carbonyl (C=O) groups is 1. The van der Waals surface area contributed by atoms with Crippen LogP contribution in [0.25, 0.3) is 0 Å². The van der Waals surface area contributed by atoms with Crippen LogP contribution in [0.5, 0.6) is 0 Å². The van der Waals surface area contributed by atoms with E-state index in [0.717, 1.165) is 17.7 Å². The summed E-state index contributed by atoms with van der Waals surface area (Å²) in [5.41, 5.74) is 7.60. The summed E-state index contributed by atoms with van der Waals surface area (Å²) in [6.07, 6.45) is 0.613. The van der Waals surface area contributed by atoms with Gasteiger partial charge >= 0.3 is 0 Å². The normalized spacial score (nSPS) is 24.8. The summed E-state index contributed by atoms with van der Waals surface area (Å²) in [4.78, 5) is 12.0. The second kappa shape index (κ2) is 5.50. The maximum absolute atomic E-state index is 12.0. The van der Waals surface area contributed by atoms with Crippen LogP contribution in [0.3, 0.4) is 0 Å². The molecule has 1 heterocycles. The van der Waals surface area contributed by atoms with Gasteiger partial charge in [-0.05, 0) is 37.0 Å². The second-order valence-corrected chi connectivity index (χ2v) is 4.96. The average Bonchev–Trinajstić information content (AvgIpc) is 2.76. The Morgan fingerprint density at radius 2 is 2.33 bits per heavy atom. The predicted molar refractivity (Wildman–Crippen MR) is 71.2 cm³/mol. The van der Waals surface area contributed by atoms with Gasteiger partial charge in [-0.2, -0.15) is 0 Å². The van der Waals surface area contributed by atoms with E-state index in [4.69, 9.17) is 10.5 Å². The Hall–Kier alpha value is -1.39. The zero-order valence-corrected chi connectivity index (χ0v) is 10.8. The number of amides is 1.